The van der Waals surface area contributed by atoms with Gasteiger partial charge in [-0.1, -0.05) is 56.3 Å². The molecule has 33 heavy (non-hydrogen) atoms. The lowest BCUT2D eigenvalue weighted by Crippen LogP contribution is -2.25. The second kappa shape index (κ2) is 10.5. The molecule has 8 heteroatoms. The van der Waals surface area contributed by atoms with Gasteiger partial charge in [0.15, 0.2) is 0 Å². The van der Waals surface area contributed by atoms with Crippen LogP contribution in [0.25, 0.3) is 0 Å². The summed E-state index contributed by atoms with van der Waals surface area (Å²) in [4.78, 5) is 18.2. The Labute approximate surface area is 195 Å². The maximum Gasteiger partial charge on any atom is 0.339 e. The van der Waals surface area contributed by atoms with E-state index in [1.54, 1.807) is 24.3 Å². The highest BCUT2D eigenvalue weighted by atomic mass is 32.2. The van der Waals surface area contributed by atoms with Crippen molar-refractivity contribution in [2.24, 2.45) is 5.92 Å². The molecule has 7 nitrogen and oxygen atoms in total. The Kier molecular flexibility index (Phi) is 7.71. The van der Waals surface area contributed by atoms with Gasteiger partial charge in [-0.25, -0.2) is 18.2 Å². The van der Waals surface area contributed by atoms with Crippen LogP contribution in [-0.2, 0) is 23.0 Å². The van der Waals surface area contributed by atoms with Crippen LogP contribution in [0.2, 0.25) is 0 Å². The molecule has 2 N–H and O–H groups in total. The minimum absolute atomic E-state index is 0.0692. The van der Waals surface area contributed by atoms with Crippen molar-refractivity contribution in [1.29, 1.82) is 0 Å². The molecule has 0 unspecified atom stereocenters. The SMILES string of the molecule is CCN(Cc1ccccc1)c1ncc(NS(=O)(=O)c2ccc(CC(C)C)cc2)cc1C(=O)O. The minimum Gasteiger partial charge on any atom is -0.478 e. The van der Waals surface area contributed by atoms with Gasteiger partial charge >= 0.3 is 5.97 Å². The van der Waals surface area contributed by atoms with Crippen molar-refractivity contribution in [2.45, 2.75) is 38.6 Å². The number of hydrogen-bond acceptors (Lipinski definition) is 5. The van der Waals surface area contributed by atoms with E-state index in [0.29, 0.717) is 19.0 Å². The predicted octanol–water partition coefficient (Wildman–Crippen LogP) is 4.81. The van der Waals surface area contributed by atoms with Crippen LogP contribution < -0.4 is 9.62 Å². The number of hydrogen-bond donors (Lipinski definition) is 2. The van der Waals surface area contributed by atoms with Crippen LogP contribution in [-0.4, -0.2) is 31.0 Å². The largest absolute Gasteiger partial charge is 0.478 e. The minimum atomic E-state index is -3.88. The van der Waals surface area contributed by atoms with Gasteiger partial charge in [-0.3, -0.25) is 4.72 Å². The van der Waals surface area contributed by atoms with Gasteiger partial charge in [0.25, 0.3) is 10.0 Å². The molecule has 0 aliphatic carbocycles. The number of aromatic nitrogens is 1. The first-order valence-electron chi connectivity index (χ1n) is 10.8. The Hall–Kier alpha value is -3.39. The third-order valence-electron chi connectivity index (χ3n) is 5.12. The highest BCUT2D eigenvalue weighted by Crippen LogP contribution is 2.25. The van der Waals surface area contributed by atoms with Gasteiger partial charge in [-0.2, -0.15) is 0 Å². The zero-order valence-corrected chi connectivity index (χ0v) is 19.8. The van der Waals surface area contributed by atoms with Crippen molar-refractivity contribution in [2.75, 3.05) is 16.2 Å². The fourth-order valence-corrected chi connectivity index (χ4v) is 4.59. The number of benzene rings is 2. The molecule has 0 saturated carbocycles. The molecule has 0 spiro atoms. The number of nitrogens with one attached hydrogen (secondary N) is 1. The third kappa shape index (κ3) is 6.32. The van der Waals surface area contributed by atoms with E-state index < -0.39 is 16.0 Å². The van der Waals surface area contributed by atoms with Crippen LogP contribution in [0.5, 0.6) is 0 Å². The van der Waals surface area contributed by atoms with Crippen molar-refractivity contribution in [3.63, 3.8) is 0 Å². The van der Waals surface area contributed by atoms with Crippen LogP contribution >= 0.6 is 0 Å². The average Bonchev–Trinajstić information content (AvgIpc) is 2.78. The zero-order valence-electron chi connectivity index (χ0n) is 19.0. The third-order valence-corrected chi connectivity index (χ3v) is 6.52. The topological polar surface area (TPSA) is 99.6 Å². The lowest BCUT2D eigenvalue weighted by Gasteiger charge is -2.24. The van der Waals surface area contributed by atoms with Crippen LogP contribution in [0.15, 0.2) is 71.8 Å². The molecule has 2 aromatic carbocycles. The Bertz CT molecular complexity index is 1190. The Balaban J connectivity index is 1.85. The van der Waals surface area contributed by atoms with Gasteiger partial charge < -0.3 is 10.0 Å². The summed E-state index contributed by atoms with van der Waals surface area (Å²) in [6.45, 7) is 7.13. The summed E-state index contributed by atoms with van der Waals surface area (Å²) in [7, 11) is -3.88. The molecule has 1 heterocycles. The van der Waals surface area contributed by atoms with E-state index in [1.807, 2.05) is 42.2 Å². The highest BCUT2D eigenvalue weighted by Gasteiger charge is 2.21. The number of nitrogens with zero attached hydrogens (tertiary/aromatic N) is 2. The fraction of sp³-hybridized carbons (Fsp3) is 0.280. The molecule has 0 aliphatic heterocycles. The number of rotatable bonds is 10. The molecule has 1 aromatic heterocycles. The molecular weight excluding hydrogens is 438 g/mol. The maximum absolute atomic E-state index is 12.8. The number of carbonyl (C=O) groups is 1. The summed E-state index contributed by atoms with van der Waals surface area (Å²) in [6.07, 6.45) is 2.21. The summed E-state index contributed by atoms with van der Waals surface area (Å²) >= 11 is 0. The lowest BCUT2D eigenvalue weighted by atomic mass is 10.0. The highest BCUT2D eigenvalue weighted by molar-refractivity contribution is 7.92. The normalized spacial score (nSPS) is 11.4. The molecule has 0 aliphatic rings. The van der Waals surface area contributed by atoms with Gasteiger partial charge in [0, 0.05) is 13.1 Å². The quantitative estimate of drug-likeness (QED) is 0.444. The molecule has 0 saturated heterocycles. The number of sulfonamides is 1. The second-order valence-corrected chi connectivity index (χ2v) is 9.93. The molecule has 174 valence electrons. The standard InChI is InChI=1S/C25H29N3O4S/c1-4-28(17-20-8-6-5-7-9-20)24-23(25(29)30)15-21(16-26-24)27-33(31,32)22-12-10-19(11-13-22)14-18(2)3/h5-13,15-16,18,27H,4,14,17H2,1-3H3,(H,29,30). The molecule has 0 atom stereocenters. The van der Waals surface area contributed by atoms with E-state index in [-0.39, 0.29) is 22.0 Å². The molecule has 0 fully saturated rings. The van der Waals surface area contributed by atoms with E-state index in [1.165, 1.54) is 12.3 Å². The first kappa shape index (κ1) is 24.3. The van der Waals surface area contributed by atoms with Crippen molar-refractivity contribution < 1.29 is 18.3 Å². The van der Waals surface area contributed by atoms with Gasteiger partial charge in [-0.05, 0) is 48.6 Å². The Morgan fingerprint density at radius 2 is 1.73 bits per heavy atom. The van der Waals surface area contributed by atoms with Gasteiger partial charge in [0.05, 0.1) is 16.8 Å². The van der Waals surface area contributed by atoms with Gasteiger partial charge in [0.1, 0.15) is 11.4 Å². The Morgan fingerprint density at radius 3 is 2.30 bits per heavy atom. The summed E-state index contributed by atoms with van der Waals surface area (Å²) in [6, 6.07) is 17.7. The maximum atomic E-state index is 12.8. The average molecular weight is 468 g/mol. The molecule has 3 rings (SSSR count). The van der Waals surface area contributed by atoms with Crippen molar-refractivity contribution >= 4 is 27.5 Å². The summed E-state index contributed by atoms with van der Waals surface area (Å²) < 4.78 is 28.1. The van der Waals surface area contributed by atoms with Crippen LogP contribution in [0.3, 0.4) is 0 Å². The zero-order chi connectivity index (χ0) is 24.0. The van der Waals surface area contributed by atoms with E-state index in [9.17, 15) is 18.3 Å². The number of carboxylic acids is 1. The number of pyridine rings is 1. The summed E-state index contributed by atoms with van der Waals surface area (Å²) in [5.74, 6) is -0.424. The molecule has 0 bridgehead atoms. The van der Waals surface area contributed by atoms with Crippen molar-refractivity contribution in [3.8, 4) is 0 Å². The number of carboxylic acid groups (broad SMARTS) is 1. The van der Waals surface area contributed by atoms with Gasteiger partial charge in [0.2, 0.25) is 0 Å². The summed E-state index contributed by atoms with van der Waals surface area (Å²) in [5, 5.41) is 9.77. The number of anilines is 2. The second-order valence-electron chi connectivity index (χ2n) is 8.25. The summed E-state index contributed by atoms with van der Waals surface area (Å²) in [5.41, 5.74) is 2.10. The van der Waals surface area contributed by atoms with E-state index in [0.717, 1.165) is 17.5 Å². The van der Waals surface area contributed by atoms with E-state index >= 15 is 0 Å². The lowest BCUT2D eigenvalue weighted by molar-refractivity contribution is 0.0697. The monoisotopic (exact) mass is 467 g/mol. The van der Waals surface area contributed by atoms with E-state index in [4.69, 9.17) is 0 Å². The molecular formula is C25H29N3O4S. The van der Waals surface area contributed by atoms with Crippen molar-refractivity contribution in [1.82, 2.24) is 4.98 Å². The number of aromatic carboxylic acids is 1. The molecule has 0 amide bonds. The smallest absolute Gasteiger partial charge is 0.339 e. The Morgan fingerprint density at radius 1 is 1.06 bits per heavy atom. The first-order valence-corrected chi connectivity index (χ1v) is 12.3. The van der Waals surface area contributed by atoms with Crippen LogP contribution in [0.4, 0.5) is 11.5 Å². The molecule has 0 radical (unpaired) electrons. The molecule has 3 aromatic rings. The van der Waals surface area contributed by atoms with Gasteiger partial charge in [-0.15, -0.1) is 0 Å². The van der Waals surface area contributed by atoms with Crippen LogP contribution in [0, 0.1) is 5.92 Å². The first-order chi connectivity index (χ1) is 15.7. The van der Waals surface area contributed by atoms with Crippen LogP contribution in [0.1, 0.15) is 42.3 Å². The predicted molar refractivity (Wildman–Crippen MR) is 130 cm³/mol. The van der Waals surface area contributed by atoms with E-state index in [2.05, 4.69) is 23.6 Å². The van der Waals surface area contributed by atoms with Crippen molar-refractivity contribution in [3.05, 3.63) is 83.6 Å². The fourth-order valence-electron chi connectivity index (χ4n) is 3.55.